The molecule has 0 aliphatic rings. The maximum absolute atomic E-state index is 11.4. The molecule has 0 aliphatic carbocycles. The Kier molecular flexibility index (Phi) is 3.49. The minimum atomic E-state index is -1.08. The van der Waals surface area contributed by atoms with Gasteiger partial charge in [0, 0.05) is 0 Å². The lowest BCUT2D eigenvalue weighted by molar-refractivity contribution is -0.138. The monoisotopic (exact) mass is 233 g/mol. The molecule has 1 aromatic heterocycles. The van der Waals surface area contributed by atoms with Crippen LogP contribution in [0.5, 0.6) is 0 Å². The maximum atomic E-state index is 11.4. The van der Waals surface area contributed by atoms with E-state index in [1.54, 1.807) is 11.4 Å². The van der Waals surface area contributed by atoms with Crippen LogP contribution in [0, 0.1) is 0 Å². The first kappa shape index (κ1) is 11.0. The summed E-state index contributed by atoms with van der Waals surface area (Å²) < 4.78 is 0. The Labute approximate surface area is 89.5 Å². The van der Waals surface area contributed by atoms with Crippen molar-refractivity contribution in [3.63, 3.8) is 0 Å². The van der Waals surface area contributed by atoms with Crippen LogP contribution in [-0.4, -0.2) is 23.0 Å². The number of carboxylic acid groups (broad SMARTS) is 1. The molecule has 1 rings (SSSR count). The third-order valence-electron chi connectivity index (χ3n) is 1.54. The number of carbonyl (C=O) groups excluding carboxylic acids is 1. The zero-order valence-electron chi connectivity index (χ0n) is 7.28. The first-order chi connectivity index (χ1) is 6.52. The van der Waals surface area contributed by atoms with Crippen LogP contribution in [0.3, 0.4) is 0 Å². The van der Waals surface area contributed by atoms with Crippen LogP contribution >= 0.6 is 22.9 Å². The number of carboxylic acids is 1. The van der Waals surface area contributed by atoms with Crippen molar-refractivity contribution in [1.82, 2.24) is 5.32 Å². The molecule has 14 heavy (non-hydrogen) atoms. The van der Waals surface area contributed by atoms with E-state index in [4.69, 9.17) is 16.7 Å². The molecule has 0 saturated carbocycles. The zero-order valence-corrected chi connectivity index (χ0v) is 8.85. The van der Waals surface area contributed by atoms with Gasteiger partial charge < -0.3 is 10.4 Å². The second-order valence-electron chi connectivity index (χ2n) is 2.63. The topological polar surface area (TPSA) is 66.4 Å². The SMILES string of the molecule is C[C@@H](NC(=O)c1sccc1Cl)C(=O)O. The van der Waals surface area contributed by atoms with Crippen molar-refractivity contribution >= 4 is 34.8 Å². The fourth-order valence-corrected chi connectivity index (χ4v) is 1.82. The van der Waals surface area contributed by atoms with Crippen molar-refractivity contribution in [3.05, 3.63) is 21.3 Å². The Morgan fingerprint density at radius 2 is 2.29 bits per heavy atom. The Balaban J connectivity index is 2.69. The minimum absolute atomic E-state index is 0.333. The van der Waals surface area contributed by atoms with Gasteiger partial charge >= 0.3 is 5.97 Å². The van der Waals surface area contributed by atoms with Crippen LogP contribution in [0.4, 0.5) is 0 Å². The third-order valence-corrected chi connectivity index (χ3v) is 2.88. The molecule has 6 heteroatoms. The molecule has 0 aromatic carbocycles. The van der Waals surface area contributed by atoms with Gasteiger partial charge in [0.25, 0.3) is 5.91 Å². The van der Waals surface area contributed by atoms with Gasteiger partial charge in [-0.25, -0.2) is 0 Å². The van der Waals surface area contributed by atoms with Crippen LogP contribution < -0.4 is 5.32 Å². The van der Waals surface area contributed by atoms with E-state index in [0.717, 1.165) is 0 Å². The predicted molar refractivity (Wildman–Crippen MR) is 53.9 cm³/mol. The molecule has 0 saturated heterocycles. The highest BCUT2D eigenvalue weighted by molar-refractivity contribution is 7.12. The van der Waals surface area contributed by atoms with Gasteiger partial charge in [-0.15, -0.1) is 11.3 Å². The van der Waals surface area contributed by atoms with E-state index >= 15 is 0 Å². The fourth-order valence-electron chi connectivity index (χ4n) is 0.780. The van der Waals surface area contributed by atoms with Gasteiger partial charge in [-0.1, -0.05) is 11.6 Å². The van der Waals surface area contributed by atoms with E-state index in [2.05, 4.69) is 5.32 Å². The lowest BCUT2D eigenvalue weighted by atomic mass is 10.3. The Bertz CT molecular complexity index is 363. The number of amides is 1. The summed E-state index contributed by atoms with van der Waals surface area (Å²) in [4.78, 5) is 22.2. The average Bonchev–Trinajstić information content (AvgIpc) is 2.51. The molecule has 1 heterocycles. The summed E-state index contributed by atoms with van der Waals surface area (Å²) >= 11 is 6.87. The molecule has 76 valence electrons. The van der Waals surface area contributed by atoms with E-state index < -0.39 is 17.9 Å². The van der Waals surface area contributed by atoms with Gasteiger partial charge in [-0.3, -0.25) is 9.59 Å². The first-order valence-electron chi connectivity index (χ1n) is 3.79. The van der Waals surface area contributed by atoms with Crippen molar-refractivity contribution < 1.29 is 14.7 Å². The van der Waals surface area contributed by atoms with Gasteiger partial charge in [-0.05, 0) is 18.4 Å². The molecule has 0 spiro atoms. The summed E-state index contributed by atoms with van der Waals surface area (Å²) in [6, 6.07) is 0.674. The number of aliphatic carboxylic acids is 1. The summed E-state index contributed by atoms with van der Waals surface area (Å²) in [7, 11) is 0. The van der Waals surface area contributed by atoms with Crippen LogP contribution in [0.15, 0.2) is 11.4 Å². The van der Waals surface area contributed by atoms with Crippen molar-refractivity contribution in [2.45, 2.75) is 13.0 Å². The molecular weight excluding hydrogens is 226 g/mol. The molecule has 0 bridgehead atoms. The Morgan fingerprint density at radius 3 is 2.71 bits per heavy atom. The zero-order chi connectivity index (χ0) is 10.7. The number of thiophene rings is 1. The number of halogens is 1. The normalized spacial score (nSPS) is 12.1. The second-order valence-corrected chi connectivity index (χ2v) is 3.95. The van der Waals surface area contributed by atoms with E-state index in [1.165, 1.54) is 18.3 Å². The lowest BCUT2D eigenvalue weighted by Gasteiger charge is -2.07. The van der Waals surface area contributed by atoms with Crippen molar-refractivity contribution in [2.75, 3.05) is 0 Å². The van der Waals surface area contributed by atoms with E-state index in [-0.39, 0.29) is 0 Å². The van der Waals surface area contributed by atoms with Crippen LogP contribution in [0.1, 0.15) is 16.6 Å². The van der Waals surface area contributed by atoms with Gasteiger partial charge in [0.1, 0.15) is 10.9 Å². The van der Waals surface area contributed by atoms with E-state index in [0.29, 0.717) is 9.90 Å². The van der Waals surface area contributed by atoms with Crippen molar-refractivity contribution in [3.8, 4) is 0 Å². The number of rotatable bonds is 3. The summed E-state index contributed by atoms with van der Waals surface area (Å²) in [6.45, 7) is 1.39. The third kappa shape index (κ3) is 2.46. The van der Waals surface area contributed by atoms with E-state index in [9.17, 15) is 9.59 Å². The summed E-state index contributed by atoms with van der Waals surface area (Å²) in [5, 5.41) is 12.9. The molecule has 0 unspecified atom stereocenters. The largest absolute Gasteiger partial charge is 0.480 e. The molecule has 0 radical (unpaired) electrons. The summed E-state index contributed by atoms with van der Waals surface area (Å²) in [5.74, 6) is -1.54. The summed E-state index contributed by atoms with van der Waals surface area (Å²) in [5.41, 5.74) is 0. The second kappa shape index (κ2) is 4.43. The van der Waals surface area contributed by atoms with Crippen LogP contribution in [0.25, 0.3) is 0 Å². The molecule has 1 aromatic rings. The number of hydrogen-bond donors (Lipinski definition) is 2. The highest BCUT2D eigenvalue weighted by Crippen LogP contribution is 2.21. The molecule has 0 aliphatic heterocycles. The highest BCUT2D eigenvalue weighted by atomic mass is 35.5. The molecule has 1 amide bonds. The average molecular weight is 234 g/mol. The van der Waals surface area contributed by atoms with Gasteiger partial charge in [-0.2, -0.15) is 0 Å². The number of carbonyl (C=O) groups is 2. The van der Waals surface area contributed by atoms with Gasteiger partial charge in [0.05, 0.1) is 5.02 Å². The van der Waals surface area contributed by atoms with Gasteiger partial charge in [0.2, 0.25) is 0 Å². The van der Waals surface area contributed by atoms with Gasteiger partial charge in [0.15, 0.2) is 0 Å². The number of hydrogen-bond acceptors (Lipinski definition) is 3. The van der Waals surface area contributed by atoms with Crippen LogP contribution in [0.2, 0.25) is 5.02 Å². The molecular formula is C8H8ClNO3S. The molecule has 2 N–H and O–H groups in total. The molecule has 4 nitrogen and oxygen atoms in total. The maximum Gasteiger partial charge on any atom is 0.325 e. The minimum Gasteiger partial charge on any atom is -0.480 e. The fraction of sp³-hybridized carbons (Fsp3) is 0.250. The van der Waals surface area contributed by atoms with E-state index in [1.807, 2.05) is 0 Å². The quantitative estimate of drug-likeness (QED) is 0.834. The summed E-state index contributed by atoms with van der Waals surface area (Å²) in [6.07, 6.45) is 0. The lowest BCUT2D eigenvalue weighted by Crippen LogP contribution is -2.38. The smallest absolute Gasteiger partial charge is 0.325 e. The Morgan fingerprint density at radius 1 is 1.64 bits per heavy atom. The van der Waals surface area contributed by atoms with Crippen molar-refractivity contribution in [2.24, 2.45) is 0 Å². The van der Waals surface area contributed by atoms with Crippen LogP contribution in [-0.2, 0) is 4.79 Å². The molecule has 0 fully saturated rings. The number of nitrogens with one attached hydrogen (secondary N) is 1. The Hall–Kier alpha value is -1.07. The van der Waals surface area contributed by atoms with Crippen molar-refractivity contribution in [1.29, 1.82) is 0 Å². The molecule has 1 atom stereocenters. The predicted octanol–water partition coefficient (Wildman–Crippen LogP) is 1.60. The highest BCUT2D eigenvalue weighted by Gasteiger charge is 2.17. The standard InChI is InChI=1S/C8H8ClNO3S/c1-4(8(12)13)10-7(11)6-5(9)2-3-14-6/h2-4H,1H3,(H,10,11)(H,12,13)/t4-/m1/s1. The first-order valence-corrected chi connectivity index (χ1v) is 5.04.